The number of hydrogen-bond donors (Lipinski definition) is 2. The maximum absolute atomic E-state index is 14.5. The van der Waals surface area contributed by atoms with Gasteiger partial charge in [0.15, 0.2) is 0 Å². The highest BCUT2D eigenvalue weighted by Gasteiger charge is 2.21. The summed E-state index contributed by atoms with van der Waals surface area (Å²) in [5.74, 6) is 0.652. The second kappa shape index (κ2) is 10.5. The third-order valence-electron chi connectivity index (χ3n) is 7.24. The van der Waals surface area contributed by atoms with Gasteiger partial charge in [0, 0.05) is 42.9 Å². The quantitative estimate of drug-likeness (QED) is 0.525. The Labute approximate surface area is 210 Å². The van der Waals surface area contributed by atoms with Crippen LogP contribution in [0.2, 0.25) is 0 Å². The Bertz CT molecular complexity index is 1270. The average molecular weight is 487 g/mol. The van der Waals surface area contributed by atoms with Gasteiger partial charge >= 0.3 is 0 Å². The Morgan fingerprint density at radius 1 is 1.11 bits per heavy atom. The van der Waals surface area contributed by atoms with Crippen molar-refractivity contribution in [1.82, 2.24) is 14.7 Å². The first-order valence-corrected chi connectivity index (χ1v) is 12.7. The zero-order chi connectivity index (χ0) is 25.1. The smallest absolute Gasteiger partial charge is 0.253 e. The van der Waals surface area contributed by atoms with Crippen LogP contribution in [0.1, 0.15) is 54.4 Å². The minimum atomic E-state index is -0.569. The summed E-state index contributed by atoms with van der Waals surface area (Å²) in [7, 11) is 0. The summed E-state index contributed by atoms with van der Waals surface area (Å²) in [5, 5.41) is 17.3. The van der Waals surface area contributed by atoms with E-state index in [1.807, 2.05) is 41.3 Å². The summed E-state index contributed by atoms with van der Waals surface area (Å²) in [4.78, 5) is 14.6. The maximum atomic E-state index is 14.5. The predicted octanol–water partition coefficient (Wildman–Crippen LogP) is 4.72. The van der Waals surface area contributed by atoms with E-state index < -0.39 is 5.82 Å². The molecule has 7 nitrogen and oxygen atoms in total. The van der Waals surface area contributed by atoms with E-state index in [0.717, 1.165) is 63.8 Å². The lowest BCUT2D eigenvalue weighted by Crippen LogP contribution is -2.31. The van der Waals surface area contributed by atoms with E-state index in [4.69, 9.17) is 16.1 Å². The Balaban J connectivity index is 1.43. The van der Waals surface area contributed by atoms with E-state index in [1.54, 1.807) is 10.7 Å². The first kappa shape index (κ1) is 24.0. The molecule has 0 bridgehead atoms. The molecule has 3 aromatic rings. The molecular weight excluding hydrogens is 455 g/mol. The minimum Gasteiger partial charge on any atom is -0.368 e. The van der Waals surface area contributed by atoms with Crippen molar-refractivity contribution in [2.45, 2.75) is 44.6 Å². The summed E-state index contributed by atoms with van der Waals surface area (Å²) in [6.07, 6.45) is 6.44. The molecule has 186 valence electrons. The molecule has 3 N–H and O–H groups in total. The van der Waals surface area contributed by atoms with Crippen LogP contribution in [0.15, 0.2) is 48.5 Å². The summed E-state index contributed by atoms with van der Waals surface area (Å²) in [5.41, 5.74) is 8.87. The molecule has 1 saturated carbocycles. The fraction of sp³-hybridized carbons (Fsp3) is 0.393. The van der Waals surface area contributed by atoms with Crippen molar-refractivity contribution in [2.24, 2.45) is 11.7 Å². The minimum absolute atomic E-state index is 0.00146. The number of hydrogen-bond acceptors (Lipinski definition) is 5. The Hall–Kier alpha value is -3.70. The summed E-state index contributed by atoms with van der Waals surface area (Å²) < 4.78 is 16.2. The standard InChI is InChI=1S/C28H31FN6O/c29-25-15-21(6-7-22(25)17-30)26-16-27(32-18-19-4-3-5-23(31)14-19)33-35(26)24-10-8-20(9-11-24)28(36)34-12-1-2-13-34/h6-11,15-16,19,23H,1-5,12-14,18,31H2,(H,32,33). The van der Waals surface area contributed by atoms with Crippen molar-refractivity contribution >= 4 is 11.7 Å². The number of rotatable bonds is 6. The second-order valence-electron chi connectivity index (χ2n) is 9.85. The van der Waals surface area contributed by atoms with Gasteiger partial charge < -0.3 is 16.0 Å². The number of nitriles is 1. The maximum Gasteiger partial charge on any atom is 0.253 e. The summed E-state index contributed by atoms with van der Waals surface area (Å²) >= 11 is 0. The molecule has 8 heteroatoms. The van der Waals surface area contributed by atoms with E-state index >= 15 is 0 Å². The predicted molar refractivity (Wildman–Crippen MR) is 137 cm³/mol. The molecule has 2 fully saturated rings. The van der Waals surface area contributed by atoms with E-state index in [1.165, 1.54) is 12.1 Å². The molecule has 1 aliphatic carbocycles. The number of likely N-dealkylation sites (tertiary alicyclic amines) is 1. The lowest BCUT2D eigenvalue weighted by molar-refractivity contribution is 0.0793. The molecule has 2 aliphatic rings. The number of nitrogens with one attached hydrogen (secondary N) is 1. The van der Waals surface area contributed by atoms with Gasteiger partial charge in [-0.25, -0.2) is 9.07 Å². The lowest BCUT2D eigenvalue weighted by Gasteiger charge is -2.26. The summed E-state index contributed by atoms with van der Waals surface area (Å²) in [6.45, 7) is 2.37. The third kappa shape index (κ3) is 5.12. The highest BCUT2D eigenvalue weighted by atomic mass is 19.1. The van der Waals surface area contributed by atoms with Crippen molar-refractivity contribution in [3.05, 3.63) is 65.5 Å². The largest absolute Gasteiger partial charge is 0.368 e. The van der Waals surface area contributed by atoms with Crippen molar-refractivity contribution in [2.75, 3.05) is 25.0 Å². The molecule has 2 heterocycles. The van der Waals surface area contributed by atoms with Crippen molar-refractivity contribution in [3.8, 4) is 23.0 Å². The molecule has 1 amide bonds. The van der Waals surface area contributed by atoms with Gasteiger partial charge in [0.05, 0.1) is 16.9 Å². The van der Waals surface area contributed by atoms with Crippen LogP contribution in [-0.4, -0.2) is 46.3 Å². The van der Waals surface area contributed by atoms with E-state index in [2.05, 4.69) is 5.32 Å². The topological polar surface area (TPSA) is 100.0 Å². The molecule has 1 aliphatic heterocycles. The average Bonchev–Trinajstić information content (AvgIpc) is 3.58. The number of aromatic nitrogens is 2. The molecule has 2 unspecified atom stereocenters. The van der Waals surface area contributed by atoms with Crippen LogP contribution in [0.25, 0.3) is 16.9 Å². The Morgan fingerprint density at radius 3 is 2.58 bits per heavy atom. The number of carbonyl (C=O) groups is 1. The van der Waals surface area contributed by atoms with Crippen molar-refractivity contribution in [1.29, 1.82) is 5.26 Å². The van der Waals surface area contributed by atoms with Gasteiger partial charge in [-0.2, -0.15) is 5.26 Å². The molecule has 5 rings (SSSR count). The fourth-order valence-electron chi connectivity index (χ4n) is 5.25. The monoisotopic (exact) mass is 486 g/mol. The van der Waals surface area contributed by atoms with E-state index in [9.17, 15) is 9.18 Å². The van der Waals surface area contributed by atoms with Gasteiger partial charge in [-0.05, 0) is 74.4 Å². The van der Waals surface area contributed by atoms with Gasteiger partial charge in [-0.15, -0.1) is 5.10 Å². The number of nitrogens with zero attached hydrogens (tertiary/aromatic N) is 4. The van der Waals surface area contributed by atoms with Crippen LogP contribution >= 0.6 is 0 Å². The SMILES string of the molecule is N#Cc1ccc(-c2cc(NCC3CCCC(N)C3)nn2-c2ccc(C(=O)N3CCCC3)cc2)cc1F. The lowest BCUT2D eigenvalue weighted by atomic mass is 9.86. The molecule has 1 saturated heterocycles. The zero-order valence-electron chi connectivity index (χ0n) is 20.3. The van der Waals surface area contributed by atoms with Gasteiger partial charge in [0.1, 0.15) is 17.7 Å². The normalized spacial score (nSPS) is 19.8. The Morgan fingerprint density at radius 2 is 1.89 bits per heavy atom. The van der Waals surface area contributed by atoms with E-state index in [-0.39, 0.29) is 17.5 Å². The molecule has 2 atom stereocenters. The molecule has 2 aromatic carbocycles. The van der Waals surface area contributed by atoms with Gasteiger partial charge in [-0.3, -0.25) is 4.79 Å². The molecule has 1 aromatic heterocycles. The number of amides is 1. The fourth-order valence-corrected chi connectivity index (χ4v) is 5.25. The van der Waals surface area contributed by atoms with Crippen LogP contribution in [0.5, 0.6) is 0 Å². The van der Waals surface area contributed by atoms with Crippen LogP contribution in [0.4, 0.5) is 10.2 Å². The number of halogens is 1. The van der Waals surface area contributed by atoms with E-state index in [0.29, 0.717) is 28.6 Å². The molecular formula is C28H31FN6O. The zero-order valence-corrected chi connectivity index (χ0v) is 20.3. The first-order chi connectivity index (χ1) is 17.5. The van der Waals surface area contributed by atoms with Gasteiger partial charge in [0.2, 0.25) is 0 Å². The van der Waals surface area contributed by atoms with Crippen LogP contribution in [0, 0.1) is 23.1 Å². The van der Waals surface area contributed by atoms with Crippen LogP contribution in [0.3, 0.4) is 0 Å². The highest BCUT2D eigenvalue weighted by Crippen LogP contribution is 2.29. The highest BCUT2D eigenvalue weighted by molar-refractivity contribution is 5.94. The molecule has 36 heavy (non-hydrogen) atoms. The number of carbonyl (C=O) groups excluding carboxylic acids is 1. The van der Waals surface area contributed by atoms with Crippen LogP contribution < -0.4 is 11.1 Å². The van der Waals surface area contributed by atoms with Crippen LogP contribution in [-0.2, 0) is 0 Å². The van der Waals surface area contributed by atoms with Crippen molar-refractivity contribution < 1.29 is 9.18 Å². The van der Waals surface area contributed by atoms with Gasteiger partial charge in [0.25, 0.3) is 5.91 Å². The first-order valence-electron chi connectivity index (χ1n) is 12.7. The second-order valence-corrected chi connectivity index (χ2v) is 9.85. The van der Waals surface area contributed by atoms with Gasteiger partial charge in [-0.1, -0.05) is 12.5 Å². The Kier molecular flexibility index (Phi) is 7.01. The summed E-state index contributed by atoms with van der Waals surface area (Å²) in [6, 6.07) is 16.0. The molecule has 0 spiro atoms. The molecule has 0 radical (unpaired) electrons. The number of nitrogens with two attached hydrogens (primary N) is 1. The third-order valence-corrected chi connectivity index (χ3v) is 7.24. The number of anilines is 1. The number of benzene rings is 2. The van der Waals surface area contributed by atoms with Crippen molar-refractivity contribution in [3.63, 3.8) is 0 Å².